The van der Waals surface area contributed by atoms with Crippen molar-refractivity contribution in [3.05, 3.63) is 65.8 Å². The summed E-state index contributed by atoms with van der Waals surface area (Å²) in [6.07, 6.45) is 1.74. The van der Waals surface area contributed by atoms with Crippen LogP contribution in [0.25, 0.3) is 15.8 Å². The Bertz CT molecular complexity index is 1000. The van der Waals surface area contributed by atoms with E-state index < -0.39 is 0 Å². The molecule has 0 aliphatic rings. The highest BCUT2D eigenvalue weighted by Gasteiger charge is 2.06. The third-order valence-corrected chi connectivity index (χ3v) is 5.05. The molecule has 0 bridgehead atoms. The van der Waals surface area contributed by atoms with E-state index in [1.54, 1.807) is 22.3 Å². The summed E-state index contributed by atoms with van der Waals surface area (Å²) < 4.78 is 3.12. The Labute approximate surface area is 150 Å². The van der Waals surface area contributed by atoms with Crippen LogP contribution in [0.15, 0.2) is 60.2 Å². The minimum absolute atomic E-state index is 0.697. The number of benzene rings is 2. The number of aromatic nitrogens is 3. The van der Waals surface area contributed by atoms with Gasteiger partial charge in [0.1, 0.15) is 6.33 Å². The first-order valence-electron chi connectivity index (χ1n) is 8.09. The standard InChI is InChI=1S/C19H19N5S/c1-23(2)19-21-13-24(22-19)16-7-5-6-15(10-16)20-11-14-12-25-18-9-4-3-8-17(14)18/h3-10,12-13,20H,11H2,1-2H3. The van der Waals surface area contributed by atoms with Crippen molar-refractivity contribution in [2.24, 2.45) is 0 Å². The van der Waals surface area contributed by atoms with Crippen LogP contribution in [0.4, 0.5) is 11.6 Å². The van der Waals surface area contributed by atoms with Crippen molar-refractivity contribution in [3.8, 4) is 5.69 Å². The monoisotopic (exact) mass is 349 g/mol. The van der Waals surface area contributed by atoms with Gasteiger partial charge in [-0.2, -0.15) is 4.98 Å². The van der Waals surface area contributed by atoms with Gasteiger partial charge in [0.25, 0.3) is 0 Å². The maximum absolute atomic E-state index is 4.48. The molecule has 0 saturated heterocycles. The Kier molecular flexibility index (Phi) is 4.11. The van der Waals surface area contributed by atoms with Gasteiger partial charge in [-0.05, 0) is 40.6 Å². The SMILES string of the molecule is CN(C)c1ncn(-c2cccc(NCc3csc4ccccc34)c2)n1. The average Bonchev–Trinajstić information content (AvgIpc) is 3.28. The first kappa shape index (κ1) is 15.7. The van der Waals surface area contributed by atoms with E-state index in [-0.39, 0.29) is 0 Å². The molecule has 126 valence electrons. The lowest BCUT2D eigenvalue weighted by Gasteiger charge is -2.08. The molecule has 0 spiro atoms. The summed E-state index contributed by atoms with van der Waals surface area (Å²) in [4.78, 5) is 6.19. The second-order valence-corrected chi connectivity index (χ2v) is 6.96. The van der Waals surface area contributed by atoms with E-state index in [1.807, 2.05) is 31.1 Å². The highest BCUT2D eigenvalue weighted by atomic mass is 32.1. The molecule has 0 unspecified atom stereocenters. The van der Waals surface area contributed by atoms with Gasteiger partial charge in [-0.25, -0.2) is 4.68 Å². The zero-order valence-electron chi connectivity index (χ0n) is 14.2. The van der Waals surface area contributed by atoms with Crippen molar-refractivity contribution in [2.75, 3.05) is 24.3 Å². The van der Waals surface area contributed by atoms with Crippen LogP contribution in [0, 0.1) is 0 Å². The molecule has 1 N–H and O–H groups in total. The van der Waals surface area contributed by atoms with E-state index in [2.05, 4.69) is 57.2 Å². The third kappa shape index (κ3) is 3.21. The Morgan fingerprint density at radius 3 is 2.84 bits per heavy atom. The highest BCUT2D eigenvalue weighted by molar-refractivity contribution is 7.17. The molecule has 0 amide bonds. The first-order chi connectivity index (χ1) is 12.2. The van der Waals surface area contributed by atoms with Gasteiger partial charge in [0, 0.05) is 31.0 Å². The number of fused-ring (bicyclic) bond motifs is 1. The largest absolute Gasteiger partial charge is 0.381 e. The number of anilines is 2. The topological polar surface area (TPSA) is 46.0 Å². The van der Waals surface area contributed by atoms with E-state index in [1.165, 1.54) is 15.6 Å². The lowest BCUT2D eigenvalue weighted by atomic mass is 10.2. The van der Waals surface area contributed by atoms with Gasteiger partial charge in [0.15, 0.2) is 0 Å². The van der Waals surface area contributed by atoms with Crippen LogP contribution in [0.2, 0.25) is 0 Å². The maximum Gasteiger partial charge on any atom is 0.244 e. The van der Waals surface area contributed by atoms with Crippen LogP contribution in [0.5, 0.6) is 0 Å². The first-order valence-corrected chi connectivity index (χ1v) is 8.97. The molecule has 5 nitrogen and oxygen atoms in total. The van der Waals surface area contributed by atoms with Gasteiger partial charge in [0.05, 0.1) is 5.69 Å². The zero-order chi connectivity index (χ0) is 17.2. The molecule has 2 heterocycles. The summed E-state index contributed by atoms with van der Waals surface area (Å²) in [5.41, 5.74) is 3.37. The van der Waals surface area contributed by atoms with Gasteiger partial charge < -0.3 is 10.2 Å². The van der Waals surface area contributed by atoms with Crippen LogP contribution < -0.4 is 10.2 Å². The van der Waals surface area contributed by atoms with E-state index >= 15 is 0 Å². The van der Waals surface area contributed by atoms with Gasteiger partial charge in [-0.15, -0.1) is 16.4 Å². The molecule has 0 aliphatic carbocycles. The fraction of sp³-hybridized carbons (Fsp3) is 0.158. The second-order valence-electron chi connectivity index (χ2n) is 6.04. The second kappa shape index (κ2) is 6.57. The number of nitrogens with one attached hydrogen (secondary N) is 1. The van der Waals surface area contributed by atoms with E-state index in [9.17, 15) is 0 Å². The molecule has 0 fully saturated rings. The predicted molar refractivity (Wildman–Crippen MR) is 105 cm³/mol. The molecular formula is C19H19N5S. The molecule has 2 aromatic carbocycles. The van der Waals surface area contributed by atoms with Crippen LogP contribution in [0.1, 0.15) is 5.56 Å². The Morgan fingerprint density at radius 2 is 2.00 bits per heavy atom. The van der Waals surface area contributed by atoms with E-state index in [0.717, 1.165) is 17.9 Å². The molecule has 0 aliphatic heterocycles. The number of nitrogens with zero attached hydrogens (tertiary/aromatic N) is 4. The number of rotatable bonds is 5. The molecule has 0 saturated carbocycles. The molecule has 6 heteroatoms. The van der Waals surface area contributed by atoms with Crippen LogP contribution in [0.3, 0.4) is 0 Å². The van der Waals surface area contributed by atoms with Crippen LogP contribution in [-0.2, 0) is 6.54 Å². The molecular weight excluding hydrogens is 330 g/mol. The number of hydrogen-bond donors (Lipinski definition) is 1. The van der Waals surface area contributed by atoms with Crippen molar-refractivity contribution >= 4 is 33.1 Å². The van der Waals surface area contributed by atoms with Crippen LogP contribution in [-0.4, -0.2) is 28.9 Å². The van der Waals surface area contributed by atoms with E-state index in [0.29, 0.717) is 5.95 Å². The number of hydrogen-bond acceptors (Lipinski definition) is 5. The summed E-state index contributed by atoms with van der Waals surface area (Å²) in [6, 6.07) is 16.7. The van der Waals surface area contributed by atoms with Crippen molar-refractivity contribution in [1.82, 2.24) is 14.8 Å². The smallest absolute Gasteiger partial charge is 0.244 e. The third-order valence-electron chi connectivity index (χ3n) is 4.03. The Balaban J connectivity index is 1.53. The van der Waals surface area contributed by atoms with Crippen molar-refractivity contribution in [1.29, 1.82) is 0 Å². The summed E-state index contributed by atoms with van der Waals surface area (Å²) in [5.74, 6) is 0.697. The normalized spacial score (nSPS) is 11.0. The van der Waals surface area contributed by atoms with Crippen molar-refractivity contribution in [2.45, 2.75) is 6.54 Å². The zero-order valence-corrected chi connectivity index (χ0v) is 15.0. The minimum atomic E-state index is 0.697. The summed E-state index contributed by atoms with van der Waals surface area (Å²) in [7, 11) is 3.87. The molecule has 4 rings (SSSR count). The van der Waals surface area contributed by atoms with Gasteiger partial charge in [0.2, 0.25) is 5.95 Å². The Morgan fingerprint density at radius 1 is 1.12 bits per heavy atom. The molecule has 4 aromatic rings. The molecule has 2 aromatic heterocycles. The highest BCUT2D eigenvalue weighted by Crippen LogP contribution is 2.26. The quantitative estimate of drug-likeness (QED) is 0.588. The lowest BCUT2D eigenvalue weighted by molar-refractivity contribution is 0.865. The molecule has 0 atom stereocenters. The number of thiophene rings is 1. The minimum Gasteiger partial charge on any atom is -0.381 e. The van der Waals surface area contributed by atoms with Gasteiger partial charge in [-0.1, -0.05) is 24.3 Å². The fourth-order valence-corrected chi connectivity index (χ4v) is 3.67. The van der Waals surface area contributed by atoms with Gasteiger partial charge in [-0.3, -0.25) is 0 Å². The lowest BCUT2D eigenvalue weighted by Crippen LogP contribution is -2.11. The predicted octanol–water partition coefficient (Wildman–Crippen LogP) is 4.16. The van der Waals surface area contributed by atoms with Crippen LogP contribution >= 0.6 is 11.3 Å². The van der Waals surface area contributed by atoms with E-state index in [4.69, 9.17) is 0 Å². The average molecular weight is 349 g/mol. The van der Waals surface area contributed by atoms with Crippen molar-refractivity contribution < 1.29 is 0 Å². The summed E-state index contributed by atoms with van der Waals surface area (Å²) in [5, 5.41) is 11.5. The van der Waals surface area contributed by atoms with Gasteiger partial charge >= 0.3 is 0 Å². The summed E-state index contributed by atoms with van der Waals surface area (Å²) >= 11 is 1.79. The Hall–Kier alpha value is -2.86. The maximum atomic E-state index is 4.48. The van der Waals surface area contributed by atoms with Crippen molar-refractivity contribution in [3.63, 3.8) is 0 Å². The molecule has 25 heavy (non-hydrogen) atoms. The summed E-state index contributed by atoms with van der Waals surface area (Å²) in [6.45, 7) is 0.799. The fourth-order valence-electron chi connectivity index (χ4n) is 2.71. The molecule has 0 radical (unpaired) electrons.